The lowest BCUT2D eigenvalue weighted by molar-refractivity contribution is -0.207. The summed E-state index contributed by atoms with van der Waals surface area (Å²) in [6.07, 6.45) is 6.17. The average molecular weight is 546 g/mol. The number of carbonyl (C=O) groups is 1. The van der Waals surface area contributed by atoms with Gasteiger partial charge in [0, 0.05) is 18.5 Å². The van der Waals surface area contributed by atoms with Crippen molar-refractivity contribution in [3.63, 3.8) is 0 Å². The molecule has 0 spiro atoms. The van der Waals surface area contributed by atoms with E-state index in [1.807, 2.05) is 0 Å². The first-order chi connectivity index (χ1) is 18.5. The van der Waals surface area contributed by atoms with Gasteiger partial charge in [-0.3, -0.25) is 4.79 Å². The molecular formula is C32H45F2NO4. The average Bonchev–Trinajstić information content (AvgIpc) is 3.49. The van der Waals surface area contributed by atoms with Gasteiger partial charge in [0.05, 0.1) is 24.0 Å². The number of carbonyl (C=O) groups excluding carboxylic acids is 1. The smallest absolute Gasteiger partial charge is 0.227 e. The largest absolute Gasteiger partial charge is 0.393 e. The van der Waals surface area contributed by atoms with Crippen LogP contribution in [0.5, 0.6) is 0 Å². The minimum Gasteiger partial charge on any atom is -0.393 e. The number of rotatable bonds is 4. The highest BCUT2D eigenvalue weighted by atomic mass is 19.2. The van der Waals surface area contributed by atoms with Gasteiger partial charge >= 0.3 is 0 Å². The summed E-state index contributed by atoms with van der Waals surface area (Å²) in [6, 6.07) is 2.60. The molecular weight excluding hydrogens is 500 g/mol. The molecule has 1 aliphatic heterocycles. The highest BCUT2D eigenvalue weighted by Crippen LogP contribution is 2.68. The SMILES string of the molecule is C[C@H](CCC(=O)N1CCc2c1ccc(F)c2F)[C@H]1CC[C@H]2[C@@H]3[C@H](O)C[C@@H]4C[C@H](O)CC[C@]4(C)[C@H]3C[C@H](O)[C@]12C. The molecule has 0 unspecified atom stereocenters. The van der Waals surface area contributed by atoms with Gasteiger partial charge in [0.2, 0.25) is 5.91 Å². The third-order valence-electron chi connectivity index (χ3n) is 12.7. The zero-order chi connectivity index (χ0) is 27.9. The summed E-state index contributed by atoms with van der Waals surface area (Å²) in [5.41, 5.74) is 0.525. The summed E-state index contributed by atoms with van der Waals surface area (Å²) in [5, 5.41) is 33.6. The molecule has 1 amide bonds. The molecule has 6 rings (SSSR count). The zero-order valence-electron chi connectivity index (χ0n) is 23.6. The maximum Gasteiger partial charge on any atom is 0.227 e. The van der Waals surface area contributed by atoms with Crippen molar-refractivity contribution in [3.05, 3.63) is 29.3 Å². The normalized spacial score (nSPS) is 43.8. The van der Waals surface area contributed by atoms with Gasteiger partial charge in [-0.15, -0.1) is 0 Å². The van der Waals surface area contributed by atoms with Gasteiger partial charge < -0.3 is 20.2 Å². The second kappa shape index (κ2) is 9.77. The first kappa shape index (κ1) is 27.6. The predicted octanol–water partition coefficient (Wildman–Crippen LogP) is 5.23. The highest BCUT2D eigenvalue weighted by Gasteiger charge is 2.65. The Labute approximate surface area is 231 Å². The second-order valence-corrected chi connectivity index (χ2v) is 14.2. The van der Waals surface area contributed by atoms with Crippen LogP contribution in [0.3, 0.4) is 0 Å². The van der Waals surface area contributed by atoms with Gasteiger partial charge in [-0.05, 0) is 116 Å². The van der Waals surface area contributed by atoms with Crippen LogP contribution in [0.2, 0.25) is 0 Å². The van der Waals surface area contributed by atoms with Gasteiger partial charge in [-0.25, -0.2) is 8.78 Å². The number of aliphatic hydroxyl groups excluding tert-OH is 3. The molecule has 3 N–H and O–H groups in total. The molecule has 11 atom stereocenters. The van der Waals surface area contributed by atoms with Crippen LogP contribution in [0.25, 0.3) is 0 Å². The fourth-order valence-corrected chi connectivity index (χ4v) is 10.5. The van der Waals surface area contributed by atoms with E-state index in [1.54, 1.807) is 4.90 Å². The van der Waals surface area contributed by atoms with Crippen molar-refractivity contribution in [2.24, 2.45) is 46.3 Å². The van der Waals surface area contributed by atoms with Crippen molar-refractivity contribution in [3.8, 4) is 0 Å². The van der Waals surface area contributed by atoms with Gasteiger partial charge in [-0.1, -0.05) is 20.8 Å². The van der Waals surface area contributed by atoms with Crippen molar-refractivity contribution < 1.29 is 28.9 Å². The summed E-state index contributed by atoms with van der Waals surface area (Å²) in [6.45, 7) is 7.14. The Bertz CT molecular complexity index is 1130. The van der Waals surface area contributed by atoms with Gasteiger partial charge in [0.1, 0.15) is 0 Å². The summed E-state index contributed by atoms with van der Waals surface area (Å²) in [7, 11) is 0. The third-order valence-corrected chi connectivity index (χ3v) is 12.7. The Morgan fingerprint density at radius 2 is 1.85 bits per heavy atom. The summed E-state index contributed by atoms with van der Waals surface area (Å²) in [5.74, 6) is -0.313. The fourth-order valence-electron chi connectivity index (χ4n) is 10.5. The minimum atomic E-state index is -0.873. The molecule has 0 saturated heterocycles. The molecule has 216 valence electrons. The molecule has 0 aromatic heterocycles. The Balaban J connectivity index is 1.16. The number of aliphatic hydroxyl groups is 3. The Morgan fingerprint density at radius 3 is 2.62 bits per heavy atom. The first-order valence-electron chi connectivity index (χ1n) is 15.3. The summed E-state index contributed by atoms with van der Waals surface area (Å²) in [4.78, 5) is 14.8. The van der Waals surface area contributed by atoms with Gasteiger partial charge in [0.15, 0.2) is 11.6 Å². The van der Waals surface area contributed by atoms with E-state index in [1.165, 1.54) is 6.07 Å². The number of hydrogen-bond acceptors (Lipinski definition) is 4. The topological polar surface area (TPSA) is 81.0 Å². The molecule has 1 aromatic rings. The van der Waals surface area contributed by atoms with Crippen molar-refractivity contribution in [1.29, 1.82) is 0 Å². The molecule has 4 saturated carbocycles. The Hall–Kier alpha value is -1.57. The maximum atomic E-state index is 14.2. The van der Waals surface area contributed by atoms with Crippen LogP contribution in [0.4, 0.5) is 14.5 Å². The lowest BCUT2D eigenvalue weighted by Crippen LogP contribution is -2.62. The van der Waals surface area contributed by atoms with Crippen molar-refractivity contribution >= 4 is 11.6 Å². The van der Waals surface area contributed by atoms with Crippen LogP contribution >= 0.6 is 0 Å². The van der Waals surface area contributed by atoms with Crippen LogP contribution in [0, 0.1) is 58.0 Å². The first-order valence-corrected chi connectivity index (χ1v) is 15.3. The molecule has 5 aliphatic rings. The molecule has 39 heavy (non-hydrogen) atoms. The van der Waals surface area contributed by atoms with E-state index in [4.69, 9.17) is 0 Å². The van der Waals surface area contributed by atoms with E-state index in [-0.39, 0.29) is 58.0 Å². The zero-order valence-corrected chi connectivity index (χ0v) is 23.6. The maximum absolute atomic E-state index is 14.2. The van der Waals surface area contributed by atoms with Crippen LogP contribution in [-0.2, 0) is 11.2 Å². The van der Waals surface area contributed by atoms with Crippen LogP contribution in [0.1, 0.15) is 84.1 Å². The van der Waals surface area contributed by atoms with Crippen molar-refractivity contribution in [1.82, 2.24) is 0 Å². The summed E-state index contributed by atoms with van der Waals surface area (Å²) < 4.78 is 27.9. The van der Waals surface area contributed by atoms with Gasteiger partial charge in [-0.2, -0.15) is 0 Å². The van der Waals surface area contributed by atoms with E-state index in [0.717, 1.165) is 44.6 Å². The molecule has 1 aromatic carbocycles. The molecule has 1 heterocycles. The number of amides is 1. The van der Waals surface area contributed by atoms with E-state index in [0.29, 0.717) is 43.8 Å². The predicted molar refractivity (Wildman–Crippen MR) is 145 cm³/mol. The van der Waals surface area contributed by atoms with Crippen molar-refractivity contribution in [2.45, 2.75) is 103 Å². The van der Waals surface area contributed by atoms with E-state index in [2.05, 4.69) is 20.8 Å². The molecule has 0 radical (unpaired) electrons. The standard InChI is InChI=1S/C32H45F2NO4/c1-17(4-9-28(39)35-13-11-20-25(35)8-7-24(33)30(20)34)21-5-6-22-29-23(16-27(38)32(21,22)3)31(2)12-10-19(36)14-18(31)15-26(29)37/h7-8,17-19,21-23,26-27,29,36-38H,4-6,9-16H2,1-3H3/t17-,18+,19-,21-,22+,23+,26-,27+,29+,31+,32-/m1/s1. The highest BCUT2D eigenvalue weighted by molar-refractivity contribution is 5.95. The number of halogens is 2. The van der Waals surface area contributed by atoms with Crippen molar-refractivity contribution in [2.75, 3.05) is 11.4 Å². The fraction of sp³-hybridized carbons (Fsp3) is 0.781. The van der Waals surface area contributed by atoms with Crippen LogP contribution in [0.15, 0.2) is 12.1 Å². The lowest BCUT2D eigenvalue weighted by Gasteiger charge is -2.63. The number of benzene rings is 1. The van der Waals surface area contributed by atoms with Crippen LogP contribution in [-0.4, -0.2) is 46.1 Å². The molecule has 4 fully saturated rings. The molecule has 7 heteroatoms. The number of hydrogen-bond donors (Lipinski definition) is 3. The molecule has 5 nitrogen and oxygen atoms in total. The molecule has 4 aliphatic carbocycles. The number of nitrogens with zero attached hydrogens (tertiary/aromatic N) is 1. The van der Waals surface area contributed by atoms with E-state index < -0.39 is 23.8 Å². The third kappa shape index (κ3) is 4.12. The van der Waals surface area contributed by atoms with Gasteiger partial charge in [0.25, 0.3) is 0 Å². The van der Waals surface area contributed by atoms with E-state index >= 15 is 0 Å². The monoisotopic (exact) mass is 545 g/mol. The quantitative estimate of drug-likeness (QED) is 0.484. The lowest BCUT2D eigenvalue weighted by atomic mass is 9.43. The number of anilines is 1. The second-order valence-electron chi connectivity index (χ2n) is 14.2. The minimum absolute atomic E-state index is 0.0516. The Morgan fingerprint density at radius 1 is 1.08 bits per heavy atom. The number of fused-ring (bicyclic) bond motifs is 6. The molecule has 0 bridgehead atoms. The summed E-state index contributed by atoms with van der Waals surface area (Å²) >= 11 is 0. The van der Waals surface area contributed by atoms with Crippen LogP contribution < -0.4 is 4.90 Å². The van der Waals surface area contributed by atoms with E-state index in [9.17, 15) is 28.9 Å². The Kier molecular flexibility index (Phi) is 6.91.